The van der Waals surface area contributed by atoms with E-state index in [-0.39, 0.29) is 24.6 Å². The Labute approximate surface area is 136 Å². The van der Waals surface area contributed by atoms with Gasteiger partial charge in [0.15, 0.2) is 0 Å². The predicted molar refractivity (Wildman–Crippen MR) is 87.9 cm³/mol. The molecule has 0 atom stereocenters. The Hall–Kier alpha value is -2.37. The summed E-state index contributed by atoms with van der Waals surface area (Å²) in [5.74, 6) is -0.215. The largest absolute Gasteiger partial charge is 0.444 e. The Morgan fingerprint density at radius 3 is 2.35 bits per heavy atom. The molecule has 0 saturated carbocycles. The van der Waals surface area contributed by atoms with Gasteiger partial charge < -0.3 is 15.0 Å². The number of halogens is 1. The molecule has 0 unspecified atom stereocenters. The van der Waals surface area contributed by atoms with E-state index in [0.29, 0.717) is 12.0 Å². The second-order valence-electron chi connectivity index (χ2n) is 6.06. The smallest absolute Gasteiger partial charge is 0.407 e. The minimum Gasteiger partial charge on any atom is -0.444 e. The van der Waals surface area contributed by atoms with E-state index in [4.69, 9.17) is 4.74 Å². The zero-order chi connectivity index (χ0) is 17.5. The fourth-order valence-corrected chi connectivity index (χ4v) is 1.82. The fraction of sp³-hybridized carbons (Fsp3) is 0.412. The molecule has 1 aromatic rings. The Morgan fingerprint density at radius 2 is 1.87 bits per heavy atom. The molecule has 0 aromatic heterocycles. The van der Waals surface area contributed by atoms with E-state index >= 15 is 0 Å². The summed E-state index contributed by atoms with van der Waals surface area (Å²) in [6.07, 6.45) is -0.234. The topological polar surface area (TPSA) is 58.6 Å². The summed E-state index contributed by atoms with van der Waals surface area (Å²) < 4.78 is 18.2. The van der Waals surface area contributed by atoms with E-state index in [1.807, 2.05) is 6.07 Å². The maximum atomic E-state index is 13.1. The Balaban J connectivity index is 2.67. The number of amides is 2. The third-order valence-electron chi connectivity index (χ3n) is 2.82. The molecule has 126 valence electrons. The van der Waals surface area contributed by atoms with Crippen LogP contribution in [0.5, 0.6) is 0 Å². The highest BCUT2D eigenvalue weighted by Crippen LogP contribution is 2.15. The normalized spacial score (nSPS) is 11.8. The summed E-state index contributed by atoms with van der Waals surface area (Å²) in [6, 6.07) is 8.95. The van der Waals surface area contributed by atoms with E-state index in [0.717, 1.165) is 0 Å². The predicted octanol–water partition coefficient (Wildman–Crippen LogP) is 3.42. The number of rotatable bonds is 5. The van der Waals surface area contributed by atoms with Gasteiger partial charge in [-0.1, -0.05) is 18.2 Å². The van der Waals surface area contributed by atoms with Crippen molar-refractivity contribution in [1.82, 2.24) is 5.32 Å². The molecule has 0 saturated heterocycles. The van der Waals surface area contributed by atoms with Crippen LogP contribution in [0.2, 0.25) is 0 Å². The van der Waals surface area contributed by atoms with Gasteiger partial charge in [0, 0.05) is 19.2 Å². The van der Waals surface area contributed by atoms with Crippen LogP contribution in [0.25, 0.3) is 0 Å². The molecule has 0 radical (unpaired) electrons. The van der Waals surface area contributed by atoms with Crippen molar-refractivity contribution in [3.05, 3.63) is 42.2 Å². The van der Waals surface area contributed by atoms with Gasteiger partial charge in [-0.3, -0.25) is 4.79 Å². The first-order valence-corrected chi connectivity index (χ1v) is 7.31. The van der Waals surface area contributed by atoms with Crippen LogP contribution < -0.4 is 10.2 Å². The molecule has 0 bridgehead atoms. The van der Waals surface area contributed by atoms with Crippen molar-refractivity contribution >= 4 is 17.7 Å². The molecule has 6 heteroatoms. The van der Waals surface area contributed by atoms with Crippen LogP contribution in [-0.4, -0.2) is 30.7 Å². The van der Waals surface area contributed by atoms with Crippen LogP contribution >= 0.6 is 0 Å². The van der Waals surface area contributed by atoms with Crippen molar-refractivity contribution in [2.24, 2.45) is 0 Å². The Kier molecular flexibility index (Phi) is 6.75. The molecule has 0 aliphatic heterocycles. The average Bonchev–Trinajstić information content (AvgIpc) is 2.46. The Morgan fingerprint density at radius 1 is 1.26 bits per heavy atom. The third-order valence-corrected chi connectivity index (χ3v) is 2.82. The average molecular weight is 322 g/mol. The number of carbonyl (C=O) groups is 2. The van der Waals surface area contributed by atoms with Gasteiger partial charge in [0.05, 0.1) is 12.9 Å². The summed E-state index contributed by atoms with van der Waals surface area (Å²) in [5, 5.41) is 2.48. The van der Waals surface area contributed by atoms with Crippen molar-refractivity contribution < 1.29 is 18.7 Å². The summed E-state index contributed by atoms with van der Waals surface area (Å²) >= 11 is 0. The van der Waals surface area contributed by atoms with Crippen LogP contribution in [0.3, 0.4) is 0 Å². The molecule has 1 aromatic carbocycles. The van der Waals surface area contributed by atoms with Gasteiger partial charge in [-0.05, 0) is 38.5 Å². The molecule has 0 spiro atoms. The van der Waals surface area contributed by atoms with Crippen LogP contribution in [0.15, 0.2) is 42.2 Å². The molecule has 0 aliphatic rings. The highest BCUT2D eigenvalue weighted by molar-refractivity contribution is 5.91. The molecule has 5 nitrogen and oxygen atoms in total. The summed E-state index contributed by atoms with van der Waals surface area (Å²) in [7, 11) is 0. The lowest BCUT2D eigenvalue weighted by Crippen LogP contribution is -2.37. The molecule has 0 aliphatic carbocycles. The van der Waals surface area contributed by atoms with Gasteiger partial charge in [0.2, 0.25) is 5.91 Å². The maximum absolute atomic E-state index is 13.1. The Bertz CT molecular complexity index is 565. The number of carbonyl (C=O) groups excluding carboxylic acids is 2. The molecular formula is C17H23FN2O3. The molecule has 1 N–H and O–H groups in total. The van der Waals surface area contributed by atoms with Crippen LogP contribution in [-0.2, 0) is 9.53 Å². The minimum absolute atomic E-state index is 0.0397. The van der Waals surface area contributed by atoms with Crippen LogP contribution in [0.4, 0.5) is 14.9 Å². The van der Waals surface area contributed by atoms with E-state index in [1.54, 1.807) is 45.0 Å². The first-order valence-electron chi connectivity index (χ1n) is 7.31. The van der Waals surface area contributed by atoms with Crippen molar-refractivity contribution in [2.75, 3.05) is 18.0 Å². The fourth-order valence-electron chi connectivity index (χ4n) is 1.82. The maximum Gasteiger partial charge on any atom is 0.407 e. The van der Waals surface area contributed by atoms with Gasteiger partial charge in [-0.15, -0.1) is 0 Å². The van der Waals surface area contributed by atoms with Gasteiger partial charge in [-0.25, -0.2) is 9.18 Å². The van der Waals surface area contributed by atoms with E-state index < -0.39 is 11.7 Å². The first kappa shape index (κ1) is 18.7. The first-order chi connectivity index (χ1) is 10.7. The monoisotopic (exact) mass is 322 g/mol. The lowest BCUT2D eigenvalue weighted by atomic mass is 10.2. The van der Waals surface area contributed by atoms with Gasteiger partial charge in [0.25, 0.3) is 0 Å². The van der Waals surface area contributed by atoms with Gasteiger partial charge >= 0.3 is 6.09 Å². The highest BCUT2D eigenvalue weighted by Gasteiger charge is 2.17. The van der Waals surface area contributed by atoms with Crippen molar-refractivity contribution in [3.63, 3.8) is 0 Å². The number of hydrogen-bond donors (Lipinski definition) is 1. The quantitative estimate of drug-likeness (QED) is 0.903. The number of nitrogens with one attached hydrogen (secondary N) is 1. The lowest BCUT2D eigenvalue weighted by Gasteiger charge is -2.23. The van der Waals surface area contributed by atoms with Crippen molar-refractivity contribution in [2.45, 2.75) is 33.3 Å². The summed E-state index contributed by atoms with van der Waals surface area (Å²) in [6.45, 7) is 6.64. The third kappa shape index (κ3) is 6.95. The highest BCUT2D eigenvalue weighted by atomic mass is 19.1. The molecule has 0 fully saturated rings. The van der Waals surface area contributed by atoms with Crippen molar-refractivity contribution in [3.8, 4) is 0 Å². The standard InChI is InChI=1S/C17H23FN2O3/c1-13(21)20(15-8-6-5-7-9-15)12-14(10-18)11-19-16(22)23-17(2,3)4/h5-10H,11-12H2,1-4H3,(H,19,22). The molecule has 1 rings (SSSR count). The molecule has 23 heavy (non-hydrogen) atoms. The number of anilines is 1. The number of ether oxygens (including phenoxy) is 1. The molecule has 2 amide bonds. The van der Waals surface area contributed by atoms with E-state index in [1.165, 1.54) is 11.8 Å². The zero-order valence-corrected chi connectivity index (χ0v) is 13.9. The lowest BCUT2D eigenvalue weighted by molar-refractivity contribution is -0.116. The van der Waals surface area contributed by atoms with Gasteiger partial charge in [-0.2, -0.15) is 0 Å². The molecule has 0 heterocycles. The summed E-state index contributed by atoms with van der Waals surface area (Å²) in [5.41, 5.74) is 0.297. The van der Waals surface area contributed by atoms with Crippen LogP contribution in [0.1, 0.15) is 27.7 Å². The van der Waals surface area contributed by atoms with Crippen molar-refractivity contribution in [1.29, 1.82) is 0 Å². The zero-order valence-electron chi connectivity index (χ0n) is 13.9. The van der Waals surface area contributed by atoms with E-state index in [9.17, 15) is 14.0 Å². The number of alkyl carbamates (subject to hydrolysis) is 1. The second kappa shape index (κ2) is 8.31. The SMILES string of the molecule is CC(=O)N(CC(=CF)CNC(=O)OC(C)(C)C)c1ccccc1. The number of benzene rings is 1. The summed E-state index contributed by atoms with van der Waals surface area (Å²) in [4.78, 5) is 24.8. The minimum atomic E-state index is -0.633. The van der Waals surface area contributed by atoms with Gasteiger partial charge in [0.1, 0.15) is 5.60 Å². The van der Waals surface area contributed by atoms with Crippen LogP contribution in [0, 0.1) is 0 Å². The van der Waals surface area contributed by atoms with E-state index in [2.05, 4.69) is 5.32 Å². The number of para-hydroxylation sites is 1. The second-order valence-corrected chi connectivity index (χ2v) is 6.06. The molecular weight excluding hydrogens is 299 g/mol. The number of nitrogens with zero attached hydrogens (tertiary/aromatic N) is 1. The number of hydrogen-bond acceptors (Lipinski definition) is 3.